The topological polar surface area (TPSA) is 89.4 Å². The molecule has 2 aromatic rings. The number of aromatic nitrogens is 3. The number of halogens is 2. The van der Waals surface area contributed by atoms with Gasteiger partial charge in [0.2, 0.25) is 0 Å². The first kappa shape index (κ1) is 22.3. The first-order valence-electron chi connectivity index (χ1n) is 11.0. The highest BCUT2D eigenvalue weighted by Crippen LogP contribution is 2.28. The maximum absolute atomic E-state index is 14.0. The summed E-state index contributed by atoms with van der Waals surface area (Å²) in [5, 5.41) is 10.5. The maximum Gasteiger partial charge on any atom is 0.312 e. The molecule has 2 heterocycles. The fraction of sp³-hybridized carbons (Fsp3) is 0.545. The Morgan fingerprint density at radius 2 is 1.94 bits per heavy atom. The summed E-state index contributed by atoms with van der Waals surface area (Å²) in [5.74, 6) is -2.87. The van der Waals surface area contributed by atoms with Crippen LogP contribution in [0.5, 0.6) is 0 Å². The molecule has 1 aliphatic carbocycles. The molecule has 2 atom stereocenters. The van der Waals surface area contributed by atoms with Gasteiger partial charge in [0.25, 0.3) is 5.91 Å². The monoisotopic (exact) mass is 447 g/mol. The first-order valence-corrected chi connectivity index (χ1v) is 11.0. The number of hydrogen-bond donors (Lipinski definition) is 1. The number of likely N-dealkylation sites (tertiary alicyclic amines) is 1. The van der Waals surface area contributed by atoms with Crippen LogP contribution in [0, 0.1) is 17.6 Å². The average Bonchev–Trinajstić information content (AvgIpc) is 3.29. The minimum absolute atomic E-state index is 0.0212. The van der Waals surface area contributed by atoms with Crippen molar-refractivity contribution in [3.63, 3.8) is 0 Å². The van der Waals surface area contributed by atoms with Crippen molar-refractivity contribution in [3.05, 3.63) is 41.7 Å². The summed E-state index contributed by atoms with van der Waals surface area (Å²) in [5.41, 5.74) is -0.0433. The Morgan fingerprint density at radius 1 is 1.16 bits per heavy atom. The van der Waals surface area contributed by atoms with Crippen LogP contribution in [-0.4, -0.2) is 64.1 Å². The second kappa shape index (κ2) is 9.72. The zero-order valence-corrected chi connectivity index (χ0v) is 18.0. The fourth-order valence-corrected chi connectivity index (χ4v) is 4.71. The fourth-order valence-electron chi connectivity index (χ4n) is 4.71. The van der Waals surface area contributed by atoms with Crippen LogP contribution >= 0.6 is 0 Å². The molecule has 1 aromatic heterocycles. The molecule has 8 nitrogen and oxygen atoms in total. The molecule has 2 aliphatic rings. The standard InChI is InChI=1S/C22H27F2N5O3/c1-32-22(31)16-12-28(15-5-3-2-4-6-15)10-9-18(16)25-21(30)19-13-29(27-26-19)20-8-7-14(23)11-17(20)24/h7-8,11,13,15-16,18H,2-6,9-10,12H2,1H3,(H,25,30)/t16-,18-/m1/s1. The van der Waals surface area contributed by atoms with E-state index in [0.29, 0.717) is 19.0 Å². The second-order valence-corrected chi connectivity index (χ2v) is 8.43. The molecule has 1 aliphatic heterocycles. The van der Waals surface area contributed by atoms with Crippen molar-refractivity contribution in [2.24, 2.45) is 5.92 Å². The molecule has 1 aromatic carbocycles. The summed E-state index contributed by atoms with van der Waals surface area (Å²) in [6.07, 6.45) is 7.82. The van der Waals surface area contributed by atoms with Crippen LogP contribution in [0.15, 0.2) is 24.4 Å². The summed E-state index contributed by atoms with van der Waals surface area (Å²) in [6, 6.07) is 3.12. The SMILES string of the molecule is COC(=O)[C@@H]1CN(C2CCCCC2)CC[C@H]1NC(=O)c1cn(-c2ccc(F)cc2F)nn1. The van der Waals surface area contributed by atoms with Crippen LogP contribution in [0.2, 0.25) is 0 Å². The van der Waals surface area contributed by atoms with E-state index >= 15 is 0 Å². The quantitative estimate of drug-likeness (QED) is 0.709. The molecule has 0 spiro atoms. The molecule has 32 heavy (non-hydrogen) atoms. The maximum atomic E-state index is 14.0. The van der Waals surface area contributed by atoms with E-state index in [2.05, 4.69) is 20.5 Å². The molecule has 4 rings (SSSR count). The number of benzene rings is 1. The zero-order chi connectivity index (χ0) is 22.7. The van der Waals surface area contributed by atoms with Crippen molar-refractivity contribution in [2.45, 2.75) is 50.6 Å². The van der Waals surface area contributed by atoms with E-state index in [0.717, 1.165) is 36.2 Å². The van der Waals surface area contributed by atoms with E-state index in [1.807, 2.05) is 0 Å². The predicted octanol–water partition coefficient (Wildman–Crippen LogP) is 2.47. The van der Waals surface area contributed by atoms with Crippen molar-refractivity contribution in [3.8, 4) is 5.69 Å². The largest absolute Gasteiger partial charge is 0.469 e. The molecule has 1 saturated carbocycles. The number of ether oxygens (including phenoxy) is 1. The number of hydrogen-bond acceptors (Lipinski definition) is 6. The van der Waals surface area contributed by atoms with Gasteiger partial charge >= 0.3 is 5.97 Å². The highest BCUT2D eigenvalue weighted by atomic mass is 19.1. The number of amides is 1. The van der Waals surface area contributed by atoms with Crippen molar-refractivity contribution < 1.29 is 23.1 Å². The molecule has 1 amide bonds. The average molecular weight is 447 g/mol. The van der Waals surface area contributed by atoms with Gasteiger partial charge in [0.05, 0.1) is 19.2 Å². The van der Waals surface area contributed by atoms with Crippen LogP contribution in [-0.2, 0) is 9.53 Å². The van der Waals surface area contributed by atoms with Crippen LogP contribution in [0.25, 0.3) is 5.69 Å². The second-order valence-electron chi connectivity index (χ2n) is 8.43. The van der Waals surface area contributed by atoms with Gasteiger partial charge in [0, 0.05) is 31.2 Å². The van der Waals surface area contributed by atoms with E-state index < -0.39 is 29.5 Å². The predicted molar refractivity (Wildman–Crippen MR) is 111 cm³/mol. The number of nitrogens with zero attached hydrogens (tertiary/aromatic N) is 4. The Labute approximate surface area is 184 Å². The molecular weight excluding hydrogens is 420 g/mol. The summed E-state index contributed by atoms with van der Waals surface area (Å²) in [6.45, 7) is 1.33. The molecule has 1 saturated heterocycles. The van der Waals surface area contributed by atoms with Gasteiger partial charge in [-0.25, -0.2) is 13.5 Å². The van der Waals surface area contributed by atoms with Crippen LogP contribution < -0.4 is 5.32 Å². The van der Waals surface area contributed by atoms with Gasteiger partial charge in [-0.2, -0.15) is 0 Å². The Bertz CT molecular complexity index is 976. The summed E-state index contributed by atoms with van der Waals surface area (Å²) in [4.78, 5) is 27.6. The number of nitrogens with one attached hydrogen (secondary N) is 1. The van der Waals surface area contributed by atoms with Gasteiger partial charge in [0.1, 0.15) is 11.5 Å². The summed E-state index contributed by atoms with van der Waals surface area (Å²) < 4.78 is 33.2. The smallest absolute Gasteiger partial charge is 0.312 e. The Morgan fingerprint density at radius 3 is 2.66 bits per heavy atom. The van der Waals surface area contributed by atoms with Gasteiger partial charge in [-0.05, 0) is 31.4 Å². The molecule has 0 unspecified atom stereocenters. The molecule has 1 N–H and O–H groups in total. The minimum Gasteiger partial charge on any atom is -0.469 e. The van der Waals surface area contributed by atoms with E-state index in [9.17, 15) is 18.4 Å². The van der Waals surface area contributed by atoms with Crippen LogP contribution in [0.3, 0.4) is 0 Å². The Kier molecular flexibility index (Phi) is 6.78. The highest BCUT2D eigenvalue weighted by Gasteiger charge is 2.38. The lowest BCUT2D eigenvalue weighted by Crippen LogP contribution is -2.56. The summed E-state index contributed by atoms with van der Waals surface area (Å²) in [7, 11) is 1.35. The molecule has 0 radical (unpaired) electrons. The van der Waals surface area contributed by atoms with E-state index in [1.54, 1.807) is 0 Å². The minimum atomic E-state index is -0.817. The lowest BCUT2D eigenvalue weighted by atomic mass is 9.87. The number of methoxy groups -OCH3 is 1. The number of carbonyl (C=O) groups is 2. The van der Waals surface area contributed by atoms with E-state index in [1.165, 1.54) is 38.6 Å². The number of rotatable bonds is 5. The molecule has 172 valence electrons. The molecule has 10 heteroatoms. The van der Waals surface area contributed by atoms with Gasteiger partial charge in [-0.15, -0.1) is 5.10 Å². The van der Waals surface area contributed by atoms with Gasteiger partial charge < -0.3 is 10.1 Å². The zero-order valence-electron chi connectivity index (χ0n) is 18.0. The third kappa shape index (κ3) is 4.79. The Balaban J connectivity index is 1.44. The van der Waals surface area contributed by atoms with E-state index in [-0.39, 0.29) is 17.4 Å². The van der Waals surface area contributed by atoms with Crippen molar-refractivity contribution >= 4 is 11.9 Å². The Hall–Kier alpha value is -2.88. The van der Waals surface area contributed by atoms with Crippen LogP contribution in [0.4, 0.5) is 8.78 Å². The van der Waals surface area contributed by atoms with Gasteiger partial charge in [-0.1, -0.05) is 24.5 Å². The van der Waals surface area contributed by atoms with Crippen LogP contribution in [0.1, 0.15) is 49.0 Å². The van der Waals surface area contributed by atoms with Crippen molar-refractivity contribution in [2.75, 3.05) is 20.2 Å². The first-order chi connectivity index (χ1) is 15.5. The molecular formula is C22H27F2N5O3. The van der Waals surface area contributed by atoms with Gasteiger partial charge in [0.15, 0.2) is 11.5 Å². The van der Waals surface area contributed by atoms with Crippen molar-refractivity contribution in [1.29, 1.82) is 0 Å². The normalized spacial score (nSPS) is 22.5. The molecule has 0 bridgehead atoms. The lowest BCUT2D eigenvalue weighted by molar-refractivity contribution is -0.148. The lowest BCUT2D eigenvalue weighted by Gasteiger charge is -2.42. The third-order valence-corrected chi connectivity index (χ3v) is 6.44. The number of piperidine rings is 1. The number of carbonyl (C=O) groups excluding carboxylic acids is 2. The third-order valence-electron chi connectivity index (χ3n) is 6.44. The van der Waals surface area contributed by atoms with Gasteiger partial charge in [-0.3, -0.25) is 14.5 Å². The summed E-state index contributed by atoms with van der Waals surface area (Å²) >= 11 is 0. The van der Waals surface area contributed by atoms with Crippen molar-refractivity contribution in [1.82, 2.24) is 25.2 Å². The van der Waals surface area contributed by atoms with E-state index in [4.69, 9.17) is 4.74 Å². The highest BCUT2D eigenvalue weighted by molar-refractivity contribution is 5.92. The number of esters is 1. The molecule has 2 fully saturated rings.